The predicted molar refractivity (Wildman–Crippen MR) is 66.9 cm³/mol. The van der Waals surface area contributed by atoms with Gasteiger partial charge in [0.25, 0.3) is 5.91 Å². The van der Waals surface area contributed by atoms with Gasteiger partial charge in [0.05, 0.1) is 0 Å². The van der Waals surface area contributed by atoms with Crippen LogP contribution in [0.15, 0.2) is 12.2 Å². The maximum absolute atomic E-state index is 12.1. The molecule has 2 fully saturated rings. The van der Waals surface area contributed by atoms with Crippen LogP contribution in [0.5, 0.6) is 0 Å². The molecule has 2 amide bonds. The zero-order chi connectivity index (χ0) is 13.0. The second-order valence-corrected chi connectivity index (χ2v) is 4.65. The Bertz CT molecular complexity index is 340. The van der Waals surface area contributed by atoms with Crippen LogP contribution in [0.4, 0.5) is 0 Å². The van der Waals surface area contributed by atoms with Crippen LogP contribution >= 0.6 is 0 Å². The zero-order valence-electron chi connectivity index (χ0n) is 10.8. The SMILES string of the molecule is C/C=C\C(=O)N1CCN(C(=O)[C@H]2CCCO2)CC1. The maximum atomic E-state index is 12.1. The van der Waals surface area contributed by atoms with Gasteiger partial charge in [-0.3, -0.25) is 9.59 Å². The Hall–Kier alpha value is -1.36. The molecule has 2 aliphatic rings. The van der Waals surface area contributed by atoms with E-state index in [2.05, 4.69) is 0 Å². The van der Waals surface area contributed by atoms with E-state index in [0.29, 0.717) is 32.8 Å². The first-order chi connectivity index (χ1) is 8.72. The summed E-state index contributed by atoms with van der Waals surface area (Å²) in [6, 6.07) is 0. The van der Waals surface area contributed by atoms with E-state index in [0.717, 1.165) is 12.8 Å². The van der Waals surface area contributed by atoms with Crippen molar-refractivity contribution in [3.8, 4) is 0 Å². The first-order valence-corrected chi connectivity index (χ1v) is 6.54. The van der Waals surface area contributed by atoms with Crippen LogP contribution in [0.3, 0.4) is 0 Å². The van der Waals surface area contributed by atoms with Crippen LogP contribution in [-0.4, -0.2) is 60.5 Å². The molecular formula is C13H20N2O3. The molecule has 0 bridgehead atoms. The third-order valence-corrected chi connectivity index (χ3v) is 3.42. The molecule has 2 heterocycles. The van der Waals surface area contributed by atoms with Gasteiger partial charge in [0, 0.05) is 32.8 Å². The van der Waals surface area contributed by atoms with Crippen LogP contribution in [0.2, 0.25) is 0 Å². The molecular weight excluding hydrogens is 232 g/mol. The zero-order valence-corrected chi connectivity index (χ0v) is 10.8. The molecule has 2 saturated heterocycles. The Morgan fingerprint density at radius 3 is 2.39 bits per heavy atom. The van der Waals surface area contributed by atoms with Crippen molar-refractivity contribution in [3.05, 3.63) is 12.2 Å². The van der Waals surface area contributed by atoms with Gasteiger partial charge >= 0.3 is 0 Å². The smallest absolute Gasteiger partial charge is 0.251 e. The summed E-state index contributed by atoms with van der Waals surface area (Å²) in [5, 5.41) is 0. The van der Waals surface area contributed by atoms with Crippen molar-refractivity contribution in [2.75, 3.05) is 32.8 Å². The van der Waals surface area contributed by atoms with E-state index in [-0.39, 0.29) is 17.9 Å². The van der Waals surface area contributed by atoms with Gasteiger partial charge in [0.1, 0.15) is 6.10 Å². The number of hydrogen-bond donors (Lipinski definition) is 0. The fraction of sp³-hybridized carbons (Fsp3) is 0.692. The highest BCUT2D eigenvalue weighted by Crippen LogP contribution is 2.16. The van der Waals surface area contributed by atoms with Crippen molar-refractivity contribution in [2.45, 2.75) is 25.9 Å². The van der Waals surface area contributed by atoms with Gasteiger partial charge in [0.2, 0.25) is 5.91 Å². The Morgan fingerprint density at radius 1 is 1.17 bits per heavy atom. The van der Waals surface area contributed by atoms with Gasteiger partial charge in [-0.05, 0) is 25.8 Å². The van der Waals surface area contributed by atoms with Crippen LogP contribution in [0.25, 0.3) is 0 Å². The van der Waals surface area contributed by atoms with E-state index in [1.54, 1.807) is 17.1 Å². The third kappa shape index (κ3) is 2.90. The highest BCUT2D eigenvalue weighted by molar-refractivity contribution is 5.88. The standard InChI is InChI=1S/C13H20N2O3/c1-2-4-12(16)14-6-8-15(9-7-14)13(17)11-5-3-10-18-11/h2,4,11H,3,5-10H2,1H3/b4-2-/t11-/m1/s1. The first kappa shape index (κ1) is 13.1. The van der Waals surface area contributed by atoms with Crippen LogP contribution in [-0.2, 0) is 14.3 Å². The summed E-state index contributed by atoms with van der Waals surface area (Å²) in [5.74, 6) is 0.118. The number of amides is 2. The van der Waals surface area contributed by atoms with Crippen LogP contribution in [0.1, 0.15) is 19.8 Å². The number of ether oxygens (including phenoxy) is 1. The second-order valence-electron chi connectivity index (χ2n) is 4.65. The molecule has 2 aliphatic heterocycles. The number of carbonyl (C=O) groups is 2. The third-order valence-electron chi connectivity index (χ3n) is 3.42. The molecule has 0 aromatic carbocycles. The number of piperazine rings is 1. The second kappa shape index (κ2) is 6.00. The van der Waals surface area contributed by atoms with Crippen LogP contribution in [0, 0.1) is 0 Å². The molecule has 0 spiro atoms. The highest BCUT2D eigenvalue weighted by atomic mass is 16.5. The topological polar surface area (TPSA) is 49.9 Å². The van der Waals surface area contributed by atoms with Gasteiger partial charge in [-0.1, -0.05) is 6.08 Å². The lowest BCUT2D eigenvalue weighted by atomic mass is 10.2. The molecule has 5 heteroatoms. The first-order valence-electron chi connectivity index (χ1n) is 6.54. The Balaban J connectivity index is 1.82. The van der Waals surface area contributed by atoms with Crippen molar-refractivity contribution >= 4 is 11.8 Å². The monoisotopic (exact) mass is 252 g/mol. The van der Waals surface area contributed by atoms with E-state index in [1.807, 2.05) is 11.8 Å². The lowest BCUT2D eigenvalue weighted by Crippen LogP contribution is -2.52. The van der Waals surface area contributed by atoms with Gasteiger partial charge in [-0.25, -0.2) is 0 Å². The van der Waals surface area contributed by atoms with E-state index in [1.165, 1.54) is 0 Å². The van der Waals surface area contributed by atoms with Gasteiger partial charge < -0.3 is 14.5 Å². The summed E-state index contributed by atoms with van der Waals surface area (Å²) in [6.45, 7) is 4.97. The highest BCUT2D eigenvalue weighted by Gasteiger charge is 2.30. The summed E-state index contributed by atoms with van der Waals surface area (Å²) in [5.41, 5.74) is 0. The maximum Gasteiger partial charge on any atom is 0.251 e. The number of allylic oxidation sites excluding steroid dienone is 1. The quantitative estimate of drug-likeness (QED) is 0.669. The van der Waals surface area contributed by atoms with Gasteiger partial charge in [-0.15, -0.1) is 0 Å². The molecule has 0 unspecified atom stereocenters. The molecule has 0 aliphatic carbocycles. The molecule has 0 aromatic heterocycles. The number of nitrogens with zero attached hydrogens (tertiary/aromatic N) is 2. The Labute approximate surface area is 107 Å². The molecule has 0 saturated carbocycles. The summed E-state index contributed by atoms with van der Waals surface area (Å²) in [6.07, 6.45) is 4.86. The minimum absolute atomic E-state index is 0.0294. The predicted octanol–water partition coefficient (Wildman–Crippen LogP) is 0.412. The van der Waals surface area contributed by atoms with E-state index in [9.17, 15) is 9.59 Å². The minimum Gasteiger partial charge on any atom is -0.368 e. The molecule has 1 atom stereocenters. The normalized spacial score (nSPS) is 24.8. The number of hydrogen-bond acceptors (Lipinski definition) is 3. The van der Waals surface area contributed by atoms with Crippen molar-refractivity contribution in [1.29, 1.82) is 0 Å². The lowest BCUT2D eigenvalue weighted by molar-refractivity contribution is -0.144. The average Bonchev–Trinajstić information content (AvgIpc) is 2.92. The molecule has 0 radical (unpaired) electrons. The molecule has 0 N–H and O–H groups in total. The minimum atomic E-state index is -0.247. The molecule has 18 heavy (non-hydrogen) atoms. The molecule has 100 valence electrons. The molecule has 0 aromatic rings. The number of carbonyl (C=O) groups excluding carboxylic acids is 2. The van der Waals surface area contributed by atoms with E-state index in [4.69, 9.17) is 4.74 Å². The Kier molecular flexibility index (Phi) is 4.36. The average molecular weight is 252 g/mol. The molecule has 5 nitrogen and oxygen atoms in total. The summed E-state index contributed by atoms with van der Waals surface area (Å²) in [7, 11) is 0. The van der Waals surface area contributed by atoms with Crippen molar-refractivity contribution in [1.82, 2.24) is 9.80 Å². The van der Waals surface area contributed by atoms with E-state index < -0.39 is 0 Å². The number of rotatable bonds is 2. The van der Waals surface area contributed by atoms with Crippen molar-refractivity contribution < 1.29 is 14.3 Å². The van der Waals surface area contributed by atoms with Crippen molar-refractivity contribution in [2.24, 2.45) is 0 Å². The summed E-state index contributed by atoms with van der Waals surface area (Å²) >= 11 is 0. The van der Waals surface area contributed by atoms with Gasteiger partial charge in [0.15, 0.2) is 0 Å². The Morgan fingerprint density at radius 2 is 1.83 bits per heavy atom. The molecule has 2 rings (SSSR count). The van der Waals surface area contributed by atoms with Gasteiger partial charge in [-0.2, -0.15) is 0 Å². The van der Waals surface area contributed by atoms with E-state index >= 15 is 0 Å². The largest absolute Gasteiger partial charge is 0.368 e. The van der Waals surface area contributed by atoms with Crippen LogP contribution < -0.4 is 0 Å². The summed E-state index contributed by atoms with van der Waals surface area (Å²) in [4.78, 5) is 27.3. The fourth-order valence-corrected chi connectivity index (χ4v) is 2.37. The van der Waals surface area contributed by atoms with Crippen molar-refractivity contribution in [3.63, 3.8) is 0 Å². The fourth-order valence-electron chi connectivity index (χ4n) is 2.37. The lowest BCUT2D eigenvalue weighted by Gasteiger charge is -2.35. The summed E-state index contributed by atoms with van der Waals surface area (Å²) < 4.78 is 5.40.